The number of aliphatic hydroxyl groups excluding tert-OH is 1. The fraction of sp³-hybridized carbons (Fsp3) is 0.385. The van der Waals surface area contributed by atoms with E-state index >= 15 is 0 Å². The zero-order chi connectivity index (χ0) is 15.2. The van der Waals surface area contributed by atoms with E-state index in [1.807, 2.05) is 6.92 Å². The van der Waals surface area contributed by atoms with E-state index in [-0.39, 0.29) is 24.7 Å². The molecule has 0 spiro atoms. The van der Waals surface area contributed by atoms with Crippen molar-refractivity contribution in [3.8, 4) is 5.75 Å². The smallest absolute Gasteiger partial charge is 0.310 e. The molecule has 2 rings (SSSR count). The standard InChI is InChI=1S/C13H15N3O5/c1-2-3-13-14-12(15-21-13)8-20-11-6-9(7-17)4-5-10(11)16(18)19/h4-6,17H,2-3,7-8H2,1H3. The lowest BCUT2D eigenvalue weighted by Crippen LogP contribution is -2.01. The minimum Gasteiger partial charge on any atom is -0.478 e. The summed E-state index contributed by atoms with van der Waals surface area (Å²) in [5, 5.41) is 23.7. The van der Waals surface area contributed by atoms with Crippen molar-refractivity contribution in [3.05, 3.63) is 45.6 Å². The summed E-state index contributed by atoms with van der Waals surface area (Å²) in [7, 11) is 0. The maximum Gasteiger partial charge on any atom is 0.310 e. The third-order valence-corrected chi connectivity index (χ3v) is 2.73. The molecule has 8 heteroatoms. The van der Waals surface area contributed by atoms with Crippen molar-refractivity contribution in [3.63, 3.8) is 0 Å². The maximum absolute atomic E-state index is 10.9. The molecule has 0 aliphatic carbocycles. The highest BCUT2D eigenvalue weighted by Crippen LogP contribution is 2.28. The summed E-state index contributed by atoms with van der Waals surface area (Å²) in [5.74, 6) is 0.894. The quantitative estimate of drug-likeness (QED) is 0.613. The maximum atomic E-state index is 10.9. The number of ether oxygens (including phenoxy) is 1. The summed E-state index contributed by atoms with van der Waals surface area (Å²) in [6.07, 6.45) is 1.56. The second-order valence-corrected chi connectivity index (χ2v) is 4.36. The Morgan fingerprint density at radius 2 is 2.29 bits per heavy atom. The summed E-state index contributed by atoms with van der Waals surface area (Å²) < 4.78 is 10.4. The van der Waals surface area contributed by atoms with Crippen LogP contribution in [0.1, 0.15) is 30.6 Å². The zero-order valence-electron chi connectivity index (χ0n) is 11.5. The summed E-state index contributed by atoms with van der Waals surface area (Å²) in [6, 6.07) is 4.18. The molecule has 0 saturated carbocycles. The topological polar surface area (TPSA) is 112 Å². The van der Waals surface area contributed by atoms with E-state index in [2.05, 4.69) is 10.1 Å². The molecule has 1 aromatic carbocycles. The predicted octanol–water partition coefficient (Wildman–Crippen LogP) is 2.00. The van der Waals surface area contributed by atoms with Gasteiger partial charge in [-0.25, -0.2) is 0 Å². The van der Waals surface area contributed by atoms with Gasteiger partial charge in [0.25, 0.3) is 0 Å². The van der Waals surface area contributed by atoms with Gasteiger partial charge < -0.3 is 14.4 Å². The first-order chi connectivity index (χ1) is 10.1. The van der Waals surface area contributed by atoms with Crippen molar-refractivity contribution in [1.82, 2.24) is 10.1 Å². The molecular weight excluding hydrogens is 278 g/mol. The highest BCUT2D eigenvalue weighted by Gasteiger charge is 2.16. The molecule has 0 aliphatic heterocycles. The Morgan fingerprint density at radius 1 is 1.48 bits per heavy atom. The van der Waals surface area contributed by atoms with Crippen LogP contribution in [0.25, 0.3) is 0 Å². The average molecular weight is 293 g/mol. The first-order valence-corrected chi connectivity index (χ1v) is 6.46. The van der Waals surface area contributed by atoms with Gasteiger partial charge in [-0.3, -0.25) is 10.1 Å². The fourth-order valence-electron chi connectivity index (χ4n) is 1.73. The summed E-state index contributed by atoms with van der Waals surface area (Å²) in [5.41, 5.74) is 0.347. The second-order valence-electron chi connectivity index (χ2n) is 4.36. The van der Waals surface area contributed by atoms with Crippen LogP contribution in [0.3, 0.4) is 0 Å². The molecule has 0 aliphatic rings. The summed E-state index contributed by atoms with van der Waals surface area (Å²) >= 11 is 0. The molecule has 0 radical (unpaired) electrons. The molecular formula is C13H15N3O5. The Kier molecular flexibility index (Phi) is 4.83. The number of nitro groups is 1. The monoisotopic (exact) mass is 293 g/mol. The Balaban J connectivity index is 2.12. The largest absolute Gasteiger partial charge is 0.478 e. The van der Waals surface area contributed by atoms with Crippen molar-refractivity contribution in [1.29, 1.82) is 0 Å². The Labute approximate surface area is 120 Å². The van der Waals surface area contributed by atoms with Gasteiger partial charge in [0.05, 0.1) is 11.5 Å². The number of aliphatic hydroxyl groups is 1. The third-order valence-electron chi connectivity index (χ3n) is 2.73. The van der Waals surface area contributed by atoms with E-state index in [0.717, 1.165) is 6.42 Å². The van der Waals surface area contributed by atoms with Crippen molar-refractivity contribution >= 4 is 5.69 Å². The van der Waals surface area contributed by atoms with Gasteiger partial charge in [0.2, 0.25) is 11.7 Å². The minimum absolute atomic E-state index is 0.0388. The molecule has 0 fully saturated rings. The van der Waals surface area contributed by atoms with E-state index in [9.17, 15) is 10.1 Å². The first kappa shape index (κ1) is 14.9. The zero-order valence-corrected chi connectivity index (χ0v) is 11.5. The molecule has 1 N–H and O–H groups in total. The lowest BCUT2D eigenvalue weighted by Gasteiger charge is -2.05. The van der Waals surface area contributed by atoms with Gasteiger partial charge in [-0.2, -0.15) is 4.98 Å². The number of nitrogens with zero attached hydrogens (tertiary/aromatic N) is 3. The van der Waals surface area contributed by atoms with Gasteiger partial charge in [0.15, 0.2) is 12.4 Å². The number of aromatic nitrogens is 2. The molecule has 0 unspecified atom stereocenters. The van der Waals surface area contributed by atoms with Gasteiger partial charge in [-0.05, 0) is 24.1 Å². The Bertz CT molecular complexity index is 626. The van der Waals surface area contributed by atoms with Gasteiger partial charge in [-0.15, -0.1) is 0 Å². The van der Waals surface area contributed by atoms with Crippen LogP contribution in [0.4, 0.5) is 5.69 Å². The van der Waals surface area contributed by atoms with Crippen molar-refractivity contribution in [2.75, 3.05) is 0 Å². The van der Waals surface area contributed by atoms with Crippen LogP contribution in [-0.2, 0) is 19.6 Å². The number of benzene rings is 1. The van der Waals surface area contributed by atoms with Crippen molar-refractivity contribution in [2.45, 2.75) is 33.0 Å². The van der Waals surface area contributed by atoms with Crippen LogP contribution in [0.5, 0.6) is 5.75 Å². The molecule has 1 aromatic heterocycles. The molecule has 0 saturated heterocycles. The highest BCUT2D eigenvalue weighted by molar-refractivity contribution is 5.48. The van der Waals surface area contributed by atoms with Crippen LogP contribution in [-0.4, -0.2) is 20.2 Å². The SMILES string of the molecule is CCCc1nc(COc2cc(CO)ccc2[N+](=O)[O-])no1. The summed E-state index contributed by atoms with van der Waals surface area (Å²) in [6.45, 7) is 1.73. The molecule has 1 heterocycles. The highest BCUT2D eigenvalue weighted by atomic mass is 16.6. The van der Waals surface area contributed by atoms with Crippen molar-refractivity contribution < 1.29 is 19.3 Å². The fourth-order valence-corrected chi connectivity index (χ4v) is 1.73. The second kappa shape index (κ2) is 6.80. The van der Waals surface area contributed by atoms with E-state index in [0.29, 0.717) is 23.7 Å². The number of nitro benzene ring substituents is 1. The van der Waals surface area contributed by atoms with E-state index in [1.165, 1.54) is 18.2 Å². The van der Waals surface area contributed by atoms with Gasteiger partial charge in [0.1, 0.15) is 0 Å². The molecule has 0 atom stereocenters. The Hall–Kier alpha value is -2.48. The first-order valence-electron chi connectivity index (χ1n) is 6.46. The number of aryl methyl sites for hydroxylation is 1. The van der Waals surface area contributed by atoms with Crippen molar-refractivity contribution in [2.24, 2.45) is 0 Å². The van der Waals surface area contributed by atoms with Crippen LogP contribution >= 0.6 is 0 Å². The molecule has 2 aromatic rings. The number of hydrogen-bond acceptors (Lipinski definition) is 7. The Morgan fingerprint density at radius 3 is 2.95 bits per heavy atom. The lowest BCUT2D eigenvalue weighted by molar-refractivity contribution is -0.386. The van der Waals surface area contributed by atoms with E-state index < -0.39 is 4.92 Å². The summed E-state index contributed by atoms with van der Waals surface area (Å²) in [4.78, 5) is 14.5. The van der Waals surface area contributed by atoms with E-state index in [1.54, 1.807) is 0 Å². The van der Waals surface area contributed by atoms with Gasteiger partial charge in [0, 0.05) is 12.5 Å². The molecule has 112 valence electrons. The third kappa shape index (κ3) is 3.76. The molecule has 21 heavy (non-hydrogen) atoms. The molecule has 0 bridgehead atoms. The van der Waals surface area contributed by atoms with Gasteiger partial charge in [-0.1, -0.05) is 12.1 Å². The van der Waals surface area contributed by atoms with Crippen LogP contribution in [0, 0.1) is 10.1 Å². The van der Waals surface area contributed by atoms with E-state index in [4.69, 9.17) is 14.4 Å². The number of hydrogen-bond donors (Lipinski definition) is 1. The minimum atomic E-state index is -0.546. The average Bonchev–Trinajstić information content (AvgIpc) is 2.92. The molecule has 8 nitrogen and oxygen atoms in total. The van der Waals surface area contributed by atoms with Crippen LogP contribution in [0.15, 0.2) is 22.7 Å². The molecule has 0 amide bonds. The predicted molar refractivity (Wildman–Crippen MR) is 71.6 cm³/mol. The number of rotatable bonds is 7. The lowest BCUT2D eigenvalue weighted by atomic mass is 10.2. The van der Waals surface area contributed by atoms with Crippen LogP contribution < -0.4 is 4.74 Å². The van der Waals surface area contributed by atoms with Gasteiger partial charge >= 0.3 is 5.69 Å². The van der Waals surface area contributed by atoms with Crippen LogP contribution in [0.2, 0.25) is 0 Å². The normalized spacial score (nSPS) is 10.6.